The number of halogens is 3. The van der Waals surface area contributed by atoms with Crippen LogP contribution in [-0.2, 0) is 0 Å². The lowest BCUT2D eigenvalue weighted by molar-refractivity contribution is -0.377. The number of rotatable bonds is 2. The molecule has 2 aromatic rings. The molecular formula is C10H6F3N2OS+. The van der Waals surface area contributed by atoms with Gasteiger partial charge in [0.05, 0.1) is 0 Å². The summed E-state index contributed by atoms with van der Waals surface area (Å²) < 4.78 is 36.5. The summed E-state index contributed by atoms with van der Waals surface area (Å²) in [6.45, 7) is 0. The van der Waals surface area contributed by atoms with Crippen LogP contribution in [0.25, 0.3) is 10.6 Å². The zero-order valence-electron chi connectivity index (χ0n) is 8.28. The predicted octanol–water partition coefficient (Wildman–Crippen LogP) is 2.37. The second-order valence-electron chi connectivity index (χ2n) is 3.15. The summed E-state index contributed by atoms with van der Waals surface area (Å²) in [4.78, 5) is 17.1. The minimum atomic E-state index is -4.85. The quantitative estimate of drug-likeness (QED) is 0.777. The smallest absolute Gasteiger partial charge is 0.283 e. The molecule has 2 rings (SSSR count). The van der Waals surface area contributed by atoms with E-state index in [1.807, 2.05) is 0 Å². The highest BCUT2D eigenvalue weighted by Crippen LogP contribution is 2.29. The van der Waals surface area contributed by atoms with E-state index in [1.54, 1.807) is 24.5 Å². The highest BCUT2D eigenvalue weighted by atomic mass is 32.1. The van der Waals surface area contributed by atoms with Crippen molar-refractivity contribution in [1.29, 1.82) is 0 Å². The molecule has 0 unspecified atom stereocenters. The molecular weight excluding hydrogens is 253 g/mol. The van der Waals surface area contributed by atoms with Gasteiger partial charge in [-0.05, 0) is 0 Å². The van der Waals surface area contributed by atoms with Crippen LogP contribution < -0.4 is 4.98 Å². The van der Waals surface area contributed by atoms with Gasteiger partial charge in [-0.15, -0.1) is 11.3 Å². The Kier molecular flexibility index (Phi) is 2.93. The number of Topliss-reactive ketones (excluding diaryl/α,β-unsaturated/α-hetero) is 1. The molecule has 0 aliphatic rings. The number of hydrogen-bond acceptors (Lipinski definition) is 3. The lowest BCUT2D eigenvalue weighted by Gasteiger charge is -2.00. The van der Waals surface area contributed by atoms with Crippen LogP contribution in [-0.4, -0.2) is 16.9 Å². The average molecular weight is 259 g/mol. The van der Waals surface area contributed by atoms with Gasteiger partial charge < -0.3 is 0 Å². The van der Waals surface area contributed by atoms with Crippen molar-refractivity contribution < 1.29 is 22.9 Å². The van der Waals surface area contributed by atoms with E-state index in [2.05, 4.69) is 9.97 Å². The standard InChI is InChI=1S/C10H5F3N2OS/c11-10(12,13)8(16)7-5-15-9(17-7)6-1-3-14-4-2-6/h1-5H/p+1. The summed E-state index contributed by atoms with van der Waals surface area (Å²) in [7, 11) is 0. The highest BCUT2D eigenvalue weighted by molar-refractivity contribution is 7.17. The predicted molar refractivity (Wildman–Crippen MR) is 54.5 cm³/mol. The Morgan fingerprint density at radius 3 is 2.53 bits per heavy atom. The Balaban J connectivity index is 2.32. The van der Waals surface area contributed by atoms with Crippen molar-refractivity contribution in [2.45, 2.75) is 6.18 Å². The molecule has 88 valence electrons. The Hall–Kier alpha value is -1.76. The molecule has 1 N–H and O–H groups in total. The van der Waals surface area contributed by atoms with Crippen LogP contribution in [0.2, 0.25) is 0 Å². The van der Waals surface area contributed by atoms with E-state index in [9.17, 15) is 18.0 Å². The molecule has 0 saturated heterocycles. The fourth-order valence-electron chi connectivity index (χ4n) is 1.18. The molecule has 7 heteroatoms. The van der Waals surface area contributed by atoms with Gasteiger partial charge in [-0.25, -0.2) is 9.97 Å². The van der Waals surface area contributed by atoms with E-state index in [-0.39, 0.29) is 0 Å². The molecule has 0 radical (unpaired) electrons. The summed E-state index contributed by atoms with van der Waals surface area (Å²) in [5.41, 5.74) is 0.662. The van der Waals surface area contributed by atoms with Crippen molar-refractivity contribution in [2.24, 2.45) is 0 Å². The number of nitrogens with one attached hydrogen (secondary N) is 1. The monoisotopic (exact) mass is 259 g/mol. The number of hydrogen-bond donors (Lipinski definition) is 0. The first-order valence-electron chi connectivity index (χ1n) is 4.52. The van der Waals surface area contributed by atoms with Gasteiger partial charge >= 0.3 is 6.18 Å². The number of nitrogens with zero attached hydrogens (tertiary/aromatic N) is 1. The number of ketones is 1. The Morgan fingerprint density at radius 1 is 1.29 bits per heavy atom. The molecule has 0 spiro atoms. The lowest BCUT2D eigenvalue weighted by atomic mass is 10.3. The van der Waals surface area contributed by atoms with Crippen molar-refractivity contribution in [2.75, 3.05) is 0 Å². The van der Waals surface area contributed by atoms with E-state index >= 15 is 0 Å². The summed E-state index contributed by atoms with van der Waals surface area (Å²) in [6.07, 6.45) is -0.648. The number of aromatic nitrogens is 2. The van der Waals surface area contributed by atoms with E-state index in [0.717, 1.165) is 17.5 Å². The van der Waals surface area contributed by atoms with Crippen LogP contribution in [0.4, 0.5) is 13.2 Å². The third kappa shape index (κ3) is 2.50. The molecule has 17 heavy (non-hydrogen) atoms. The molecule has 0 saturated carbocycles. The summed E-state index contributed by atoms with van der Waals surface area (Å²) in [5, 5.41) is 0.381. The van der Waals surface area contributed by atoms with Crippen LogP contribution in [0.15, 0.2) is 30.7 Å². The minimum Gasteiger partial charge on any atom is -0.283 e. The van der Waals surface area contributed by atoms with Crippen molar-refractivity contribution in [3.8, 4) is 10.6 Å². The summed E-state index contributed by atoms with van der Waals surface area (Å²) in [6, 6.07) is 3.33. The van der Waals surface area contributed by atoms with Gasteiger partial charge in [0.15, 0.2) is 12.4 Å². The minimum absolute atomic E-state index is 0.381. The number of carbonyl (C=O) groups excluding carboxylic acids is 1. The fourth-order valence-corrected chi connectivity index (χ4v) is 2.06. The molecule has 2 heterocycles. The lowest BCUT2D eigenvalue weighted by Crippen LogP contribution is -2.21. The molecule has 0 aliphatic carbocycles. The topological polar surface area (TPSA) is 44.1 Å². The maximum Gasteiger partial charge on any atom is 0.455 e. The Labute approximate surface area is 98.0 Å². The first-order chi connectivity index (χ1) is 7.98. The molecule has 0 aromatic carbocycles. The zero-order valence-corrected chi connectivity index (χ0v) is 9.10. The van der Waals surface area contributed by atoms with Gasteiger partial charge in [0.2, 0.25) is 0 Å². The van der Waals surface area contributed by atoms with Crippen molar-refractivity contribution in [3.05, 3.63) is 35.6 Å². The van der Waals surface area contributed by atoms with Crippen LogP contribution >= 0.6 is 11.3 Å². The normalized spacial score (nSPS) is 11.5. The number of pyridine rings is 1. The van der Waals surface area contributed by atoms with E-state index in [1.165, 1.54) is 0 Å². The Bertz CT molecular complexity index is 536. The fraction of sp³-hybridized carbons (Fsp3) is 0.100. The molecule has 0 fully saturated rings. The van der Waals surface area contributed by atoms with E-state index in [4.69, 9.17) is 0 Å². The second kappa shape index (κ2) is 4.25. The first-order valence-corrected chi connectivity index (χ1v) is 5.34. The largest absolute Gasteiger partial charge is 0.455 e. The van der Waals surface area contributed by atoms with Gasteiger partial charge in [-0.1, -0.05) is 0 Å². The number of alkyl halides is 3. The number of H-pyrrole nitrogens is 1. The van der Waals surface area contributed by atoms with Crippen LogP contribution in [0, 0.1) is 0 Å². The van der Waals surface area contributed by atoms with E-state index < -0.39 is 16.8 Å². The molecule has 0 atom stereocenters. The average Bonchev–Trinajstić information content (AvgIpc) is 2.77. The van der Waals surface area contributed by atoms with Gasteiger partial charge in [0.25, 0.3) is 5.78 Å². The van der Waals surface area contributed by atoms with E-state index in [0.29, 0.717) is 10.6 Å². The van der Waals surface area contributed by atoms with Gasteiger partial charge in [0, 0.05) is 23.9 Å². The Morgan fingerprint density at radius 2 is 1.94 bits per heavy atom. The van der Waals surface area contributed by atoms with Gasteiger partial charge in [-0.2, -0.15) is 13.2 Å². The number of aromatic amines is 1. The van der Waals surface area contributed by atoms with Crippen molar-refractivity contribution >= 4 is 17.1 Å². The maximum absolute atomic E-state index is 12.2. The highest BCUT2D eigenvalue weighted by Gasteiger charge is 2.40. The molecule has 0 bridgehead atoms. The summed E-state index contributed by atoms with van der Waals surface area (Å²) >= 11 is 0.726. The van der Waals surface area contributed by atoms with Gasteiger partial charge in [-0.3, -0.25) is 4.79 Å². The van der Waals surface area contributed by atoms with Crippen LogP contribution in [0.1, 0.15) is 9.67 Å². The molecule has 0 aliphatic heterocycles. The van der Waals surface area contributed by atoms with Crippen molar-refractivity contribution in [1.82, 2.24) is 4.98 Å². The number of carbonyl (C=O) groups is 1. The second-order valence-corrected chi connectivity index (χ2v) is 4.18. The third-order valence-corrected chi connectivity index (χ3v) is 3.00. The van der Waals surface area contributed by atoms with Crippen molar-refractivity contribution in [3.63, 3.8) is 0 Å². The van der Waals surface area contributed by atoms with Crippen LogP contribution in [0.3, 0.4) is 0 Å². The SMILES string of the molecule is O=C(c1cnc(-c2cc[nH+]cc2)s1)C(F)(F)F. The molecule has 3 nitrogen and oxygen atoms in total. The summed E-state index contributed by atoms with van der Waals surface area (Å²) in [5.74, 6) is -1.86. The van der Waals surface area contributed by atoms with Gasteiger partial charge in [0.1, 0.15) is 9.88 Å². The first kappa shape index (κ1) is 11.7. The zero-order chi connectivity index (χ0) is 12.5. The third-order valence-electron chi connectivity index (χ3n) is 1.95. The van der Waals surface area contributed by atoms with Crippen LogP contribution in [0.5, 0.6) is 0 Å². The number of thiazole rings is 1. The molecule has 0 amide bonds. The molecule has 2 aromatic heterocycles. The maximum atomic E-state index is 12.2.